The summed E-state index contributed by atoms with van der Waals surface area (Å²) in [6.07, 6.45) is -3.02. The Kier molecular flexibility index (Phi) is 5.76. The molecular formula is C15H18F3N3O3. The first-order valence-corrected chi connectivity index (χ1v) is 7.45. The number of rotatable bonds is 4. The Hall–Kier alpha value is -2.16. The summed E-state index contributed by atoms with van der Waals surface area (Å²) in [6, 6.07) is 0.00638. The van der Waals surface area contributed by atoms with E-state index in [1.54, 1.807) is 4.90 Å². The van der Waals surface area contributed by atoms with Crippen molar-refractivity contribution in [1.29, 1.82) is 0 Å². The van der Waals surface area contributed by atoms with Crippen LogP contribution in [0.3, 0.4) is 0 Å². The number of ether oxygens (including phenoxy) is 1. The summed E-state index contributed by atoms with van der Waals surface area (Å²) in [5.41, 5.74) is -1.13. The fraction of sp³-hybridized carbons (Fsp3) is 0.533. The van der Waals surface area contributed by atoms with Gasteiger partial charge in [0.25, 0.3) is 0 Å². The van der Waals surface area contributed by atoms with Gasteiger partial charge in [0.1, 0.15) is 6.04 Å². The molecule has 2 rings (SSSR count). The summed E-state index contributed by atoms with van der Waals surface area (Å²) in [5, 5.41) is 2.44. The number of nitrogens with zero attached hydrogens (tertiary/aromatic N) is 2. The zero-order chi connectivity index (χ0) is 17.7. The van der Waals surface area contributed by atoms with Gasteiger partial charge in [-0.25, -0.2) is 0 Å². The van der Waals surface area contributed by atoms with E-state index in [1.807, 2.05) is 0 Å². The third-order valence-corrected chi connectivity index (χ3v) is 3.63. The maximum absolute atomic E-state index is 12.9. The molecule has 2 amide bonds. The fourth-order valence-corrected chi connectivity index (χ4v) is 2.43. The van der Waals surface area contributed by atoms with Crippen molar-refractivity contribution < 1.29 is 27.5 Å². The standard InChI is InChI=1S/C15H18F3N3O3/c1-10(14(23)21-4-6-24-7-5-21)20-13(22)8-11-9-19-3-2-12(11)15(16,17)18/h2-3,9-10H,4-8H2,1H3,(H,20,22). The smallest absolute Gasteiger partial charge is 0.378 e. The van der Waals surface area contributed by atoms with E-state index < -0.39 is 30.1 Å². The number of hydrogen-bond acceptors (Lipinski definition) is 4. The van der Waals surface area contributed by atoms with E-state index in [4.69, 9.17) is 4.74 Å². The zero-order valence-corrected chi connectivity index (χ0v) is 13.1. The van der Waals surface area contributed by atoms with Crippen molar-refractivity contribution in [3.8, 4) is 0 Å². The van der Waals surface area contributed by atoms with Crippen molar-refractivity contribution in [2.24, 2.45) is 0 Å². The van der Waals surface area contributed by atoms with Crippen molar-refractivity contribution in [1.82, 2.24) is 15.2 Å². The molecule has 1 unspecified atom stereocenters. The van der Waals surface area contributed by atoms with Crippen molar-refractivity contribution in [3.63, 3.8) is 0 Å². The SMILES string of the molecule is CC(NC(=O)Cc1cnccc1C(F)(F)F)C(=O)N1CCOCC1. The second-order valence-corrected chi connectivity index (χ2v) is 5.43. The molecule has 0 radical (unpaired) electrons. The van der Waals surface area contributed by atoms with Crippen molar-refractivity contribution in [2.75, 3.05) is 26.3 Å². The molecule has 1 aliphatic heterocycles. The van der Waals surface area contributed by atoms with Gasteiger partial charge in [0.2, 0.25) is 11.8 Å². The Balaban J connectivity index is 1.97. The average Bonchev–Trinajstić information content (AvgIpc) is 2.54. The predicted molar refractivity (Wildman–Crippen MR) is 77.9 cm³/mol. The van der Waals surface area contributed by atoms with Crippen molar-refractivity contribution >= 4 is 11.8 Å². The summed E-state index contributed by atoms with van der Waals surface area (Å²) in [7, 11) is 0. The van der Waals surface area contributed by atoms with Crippen LogP contribution in [-0.2, 0) is 26.9 Å². The fourth-order valence-electron chi connectivity index (χ4n) is 2.43. The number of hydrogen-bond donors (Lipinski definition) is 1. The Labute approximate surface area is 137 Å². The van der Waals surface area contributed by atoms with Gasteiger partial charge in [-0.2, -0.15) is 13.2 Å². The third-order valence-electron chi connectivity index (χ3n) is 3.63. The molecule has 1 N–H and O–H groups in total. The van der Waals surface area contributed by atoms with Gasteiger partial charge in [0, 0.05) is 25.5 Å². The topological polar surface area (TPSA) is 71.5 Å². The van der Waals surface area contributed by atoms with Crippen LogP contribution in [0.5, 0.6) is 0 Å². The molecule has 6 nitrogen and oxygen atoms in total. The molecule has 9 heteroatoms. The number of halogens is 3. The molecule has 1 fully saturated rings. The lowest BCUT2D eigenvalue weighted by Gasteiger charge is -2.29. The summed E-state index contributed by atoms with van der Waals surface area (Å²) in [5.74, 6) is -0.948. The van der Waals surface area contributed by atoms with Gasteiger partial charge in [0.15, 0.2) is 0 Å². The monoisotopic (exact) mass is 345 g/mol. The van der Waals surface area contributed by atoms with Gasteiger partial charge in [0.05, 0.1) is 25.2 Å². The molecule has 0 spiro atoms. The van der Waals surface area contributed by atoms with E-state index in [-0.39, 0.29) is 11.5 Å². The van der Waals surface area contributed by atoms with E-state index in [0.717, 1.165) is 18.5 Å². The van der Waals surface area contributed by atoms with Gasteiger partial charge in [-0.1, -0.05) is 0 Å². The highest BCUT2D eigenvalue weighted by molar-refractivity contribution is 5.88. The summed E-state index contributed by atoms with van der Waals surface area (Å²) in [4.78, 5) is 29.3. The molecule has 2 heterocycles. The van der Waals surface area contributed by atoms with Gasteiger partial charge in [-0.15, -0.1) is 0 Å². The highest BCUT2D eigenvalue weighted by atomic mass is 19.4. The first-order chi connectivity index (χ1) is 11.3. The minimum Gasteiger partial charge on any atom is -0.378 e. The molecule has 24 heavy (non-hydrogen) atoms. The molecule has 1 aromatic rings. The lowest BCUT2D eigenvalue weighted by atomic mass is 10.1. The van der Waals surface area contributed by atoms with Gasteiger partial charge < -0.3 is 15.0 Å². The summed E-state index contributed by atoms with van der Waals surface area (Å²) in [6.45, 7) is 3.22. The van der Waals surface area contributed by atoms with Crippen molar-refractivity contribution in [3.05, 3.63) is 29.6 Å². The van der Waals surface area contributed by atoms with Gasteiger partial charge in [-0.05, 0) is 18.6 Å². The summed E-state index contributed by atoms with van der Waals surface area (Å²) >= 11 is 0. The second kappa shape index (κ2) is 7.61. The Morgan fingerprint density at radius 2 is 2.04 bits per heavy atom. The molecular weight excluding hydrogens is 327 g/mol. The Morgan fingerprint density at radius 1 is 1.38 bits per heavy atom. The predicted octanol–water partition coefficient (Wildman–Crippen LogP) is 1.01. The highest BCUT2D eigenvalue weighted by Crippen LogP contribution is 2.31. The molecule has 1 saturated heterocycles. The van der Waals surface area contributed by atoms with Crippen LogP contribution in [0, 0.1) is 0 Å². The number of morpholine rings is 1. The van der Waals surface area contributed by atoms with E-state index in [0.29, 0.717) is 26.3 Å². The molecule has 0 aromatic carbocycles. The lowest BCUT2D eigenvalue weighted by Crippen LogP contribution is -2.50. The van der Waals surface area contributed by atoms with Gasteiger partial charge >= 0.3 is 6.18 Å². The minimum absolute atomic E-state index is 0.228. The highest BCUT2D eigenvalue weighted by Gasteiger charge is 2.34. The number of carbonyl (C=O) groups excluding carboxylic acids is 2. The molecule has 0 saturated carbocycles. The molecule has 1 atom stereocenters. The molecule has 1 aliphatic rings. The van der Waals surface area contributed by atoms with Crippen LogP contribution in [0.15, 0.2) is 18.5 Å². The van der Waals surface area contributed by atoms with E-state index in [9.17, 15) is 22.8 Å². The number of amides is 2. The van der Waals surface area contributed by atoms with E-state index in [2.05, 4.69) is 10.3 Å². The molecule has 1 aromatic heterocycles. The maximum Gasteiger partial charge on any atom is 0.416 e. The number of carbonyl (C=O) groups is 2. The minimum atomic E-state index is -4.56. The maximum atomic E-state index is 12.9. The largest absolute Gasteiger partial charge is 0.416 e. The average molecular weight is 345 g/mol. The number of pyridine rings is 1. The van der Waals surface area contributed by atoms with Crippen LogP contribution < -0.4 is 5.32 Å². The normalized spacial score (nSPS) is 16.6. The molecule has 132 valence electrons. The van der Waals surface area contributed by atoms with Gasteiger partial charge in [-0.3, -0.25) is 14.6 Å². The van der Waals surface area contributed by atoms with Crippen LogP contribution in [-0.4, -0.2) is 54.0 Å². The Morgan fingerprint density at radius 3 is 2.67 bits per heavy atom. The molecule has 0 aliphatic carbocycles. The van der Waals surface area contributed by atoms with E-state index in [1.165, 1.54) is 6.92 Å². The quantitative estimate of drug-likeness (QED) is 0.884. The molecule has 0 bridgehead atoms. The summed E-state index contributed by atoms with van der Waals surface area (Å²) < 4.78 is 43.8. The van der Waals surface area contributed by atoms with Crippen LogP contribution in [0.1, 0.15) is 18.1 Å². The number of aromatic nitrogens is 1. The van der Waals surface area contributed by atoms with Crippen LogP contribution in [0.25, 0.3) is 0 Å². The lowest BCUT2D eigenvalue weighted by molar-refractivity contribution is -0.140. The number of nitrogens with one attached hydrogen (secondary N) is 1. The zero-order valence-electron chi connectivity index (χ0n) is 13.1. The number of alkyl halides is 3. The van der Waals surface area contributed by atoms with E-state index >= 15 is 0 Å². The first-order valence-electron chi connectivity index (χ1n) is 7.45. The first kappa shape index (κ1) is 18.2. The van der Waals surface area contributed by atoms with Crippen LogP contribution >= 0.6 is 0 Å². The Bertz CT molecular complexity index is 601. The second-order valence-electron chi connectivity index (χ2n) is 5.43. The third kappa shape index (κ3) is 4.67. The van der Waals surface area contributed by atoms with Crippen molar-refractivity contribution in [2.45, 2.75) is 25.6 Å². The van der Waals surface area contributed by atoms with Crippen LogP contribution in [0.2, 0.25) is 0 Å². The van der Waals surface area contributed by atoms with Crippen LogP contribution in [0.4, 0.5) is 13.2 Å².